The number of nitrogens with zero attached hydrogens (tertiary/aromatic N) is 3. The number of carboxylic acids is 1. The van der Waals surface area contributed by atoms with Gasteiger partial charge < -0.3 is 14.7 Å². The molecule has 1 aromatic heterocycles. The number of para-hydroxylation sites is 1. The van der Waals surface area contributed by atoms with E-state index in [0.29, 0.717) is 18.0 Å². The summed E-state index contributed by atoms with van der Waals surface area (Å²) < 4.78 is 48.6. The van der Waals surface area contributed by atoms with Crippen molar-refractivity contribution >= 4 is 23.3 Å². The molecule has 0 amide bonds. The molecule has 4 aromatic rings. The van der Waals surface area contributed by atoms with Gasteiger partial charge in [-0.25, -0.2) is 9.48 Å². The molecule has 0 bridgehead atoms. The van der Waals surface area contributed by atoms with Crippen LogP contribution in [0, 0.1) is 0 Å². The molecule has 3 aromatic carbocycles. The Bertz CT molecular complexity index is 1470. The number of aromatic carboxylic acids is 1. The first-order chi connectivity index (χ1) is 18.5. The zero-order chi connectivity index (χ0) is 28.3. The Kier molecular flexibility index (Phi) is 8.20. The maximum atomic E-state index is 13.8. The Morgan fingerprint density at radius 3 is 2.44 bits per heavy atom. The normalized spacial score (nSPS) is 11.6. The highest BCUT2D eigenvalue weighted by atomic mass is 35.5. The summed E-state index contributed by atoms with van der Waals surface area (Å²) >= 11 is 6.24. The molecule has 1 heterocycles. The molecule has 4 rings (SSSR count). The van der Waals surface area contributed by atoms with Gasteiger partial charge in [-0.2, -0.15) is 18.3 Å². The molecule has 0 saturated heterocycles. The fraction of sp³-hybridized carbons (Fsp3) is 0.241. The molecular weight excluding hydrogens is 531 g/mol. The van der Waals surface area contributed by atoms with Crippen molar-refractivity contribution in [3.63, 3.8) is 0 Å². The number of carbonyl (C=O) groups is 1. The number of ether oxygens (including phenoxy) is 1. The van der Waals surface area contributed by atoms with Crippen LogP contribution in [0.1, 0.15) is 52.5 Å². The van der Waals surface area contributed by atoms with Crippen molar-refractivity contribution in [2.24, 2.45) is 0 Å². The molecule has 10 heteroatoms. The van der Waals surface area contributed by atoms with Crippen LogP contribution in [0.15, 0.2) is 72.9 Å². The number of benzene rings is 3. The number of hydrogen-bond acceptors (Lipinski definition) is 4. The second kappa shape index (κ2) is 11.4. The van der Waals surface area contributed by atoms with Gasteiger partial charge in [-0.3, -0.25) is 0 Å². The second-order valence-electron chi connectivity index (χ2n) is 9.39. The summed E-state index contributed by atoms with van der Waals surface area (Å²) in [7, 11) is 1.89. The van der Waals surface area contributed by atoms with Crippen molar-refractivity contribution in [3.05, 3.63) is 106 Å². The summed E-state index contributed by atoms with van der Waals surface area (Å²) in [6.45, 7) is 4.34. The lowest BCUT2D eigenvalue weighted by Crippen LogP contribution is -2.16. The molecule has 0 spiro atoms. The van der Waals surface area contributed by atoms with E-state index in [2.05, 4.69) is 5.10 Å². The first-order valence-corrected chi connectivity index (χ1v) is 12.5. The lowest BCUT2D eigenvalue weighted by Gasteiger charge is -2.20. The Hall–Kier alpha value is -3.98. The number of carboxylic acid groups (broad SMARTS) is 1. The van der Waals surface area contributed by atoms with Crippen LogP contribution in [-0.4, -0.2) is 27.9 Å². The Morgan fingerprint density at radius 1 is 1.10 bits per heavy atom. The molecule has 0 fully saturated rings. The first-order valence-electron chi connectivity index (χ1n) is 12.1. The topological polar surface area (TPSA) is 67.6 Å². The average Bonchev–Trinajstić information content (AvgIpc) is 3.31. The van der Waals surface area contributed by atoms with Gasteiger partial charge in [0.25, 0.3) is 0 Å². The minimum atomic E-state index is -4.61. The van der Waals surface area contributed by atoms with Crippen LogP contribution < -0.4 is 9.64 Å². The van der Waals surface area contributed by atoms with E-state index in [4.69, 9.17) is 16.3 Å². The molecule has 0 atom stereocenters. The van der Waals surface area contributed by atoms with Crippen molar-refractivity contribution < 1.29 is 27.8 Å². The first kappa shape index (κ1) is 28.0. The molecule has 0 aliphatic carbocycles. The van der Waals surface area contributed by atoms with Crippen molar-refractivity contribution in [1.29, 1.82) is 0 Å². The van der Waals surface area contributed by atoms with Gasteiger partial charge in [0.2, 0.25) is 0 Å². The van der Waals surface area contributed by atoms with Crippen molar-refractivity contribution in [2.75, 3.05) is 11.9 Å². The van der Waals surface area contributed by atoms with Gasteiger partial charge in [-0.15, -0.1) is 0 Å². The van der Waals surface area contributed by atoms with Crippen molar-refractivity contribution in [2.45, 2.75) is 39.1 Å². The molecule has 204 valence electrons. The fourth-order valence-electron chi connectivity index (χ4n) is 4.28. The van der Waals surface area contributed by atoms with Crippen LogP contribution in [0.5, 0.6) is 5.75 Å². The number of halogens is 4. The van der Waals surface area contributed by atoms with E-state index in [9.17, 15) is 23.1 Å². The van der Waals surface area contributed by atoms with Crippen LogP contribution >= 0.6 is 11.6 Å². The smallest absolute Gasteiger partial charge is 0.418 e. The fourth-order valence-corrected chi connectivity index (χ4v) is 4.54. The molecule has 39 heavy (non-hydrogen) atoms. The van der Waals surface area contributed by atoms with E-state index in [1.807, 2.05) is 44.0 Å². The third kappa shape index (κ3) is 6.37. The Morgan fingerprint density at radius 2 is 1.79 bits per heavy atom. The minimum Gasteiger partial charge on any atom is -0.487 e. The summed E-state index contributed by atoms with van der Waals surface area (Å²) in [4.78, 5) is 13.2. The standard InChI is InChI=1S/C29H27ClF3N3O3/c1-18(2)23-15-34-36(27-24(29(31,32)33)8-5-9-25(27)30)26(23)17-39-22-12-10-21(11-13-22)35(3)16-19-6-4-7-20(14-19)28(37)38/h4-15,18H,16-17H2,1-3H3,(H,37,38). The lowest BCUT2D eigenvalue weighted by atomic mass is 10.0. The van der Waals surface area contributed by atoms with E-state index in [1.165, 1.54) is 16.8 Å². The Balaban J connectivity index is 1.55. The van der Waals surface area contributed by atoms with Crippen LogP contribution in [0.25, 0.3) is 5.69 Å². The van der Waals surface area contributed by atoms with Crippen LogP contribution in [0.3, 0.4) is 0 Å². The zero-order valence-electron chi connectivity index (χ0n) is 21.5. The summed E-state index contributed by atoms with van der Waals surface area (Å²) in [5.74, 6) is -0.463. The van der Waals surface area contributed by atoms with Gasteiger partial charge in [0.05, 0.1) is 33.7 Å². The summed E-state index contributed by atoms with van der Waals surface area (Å²) in [6.07, 6.45) is -3.07. The number of anilines is 1. The van der Waals surface area contributed by atoms with Crippen LogP contribution in [-0.2, 0) is 19.3 Å². The Labute approximate surface area is 229 Å². The number of aromatic nitrogens is 2. The van der Waals surface area contributed by atoms with Gasteiger partial charge in [0.15, 0.2) is 0 Å². The largest absolute Gasteiger partial charge is 0.487 e. The van der Waals surface area contributed by atoms with Crippen molar-refractivity contribution in [3.8, 4) is 11.4 Å². The quantitative estimate of drug-likeness (QED) is 0.230. The third-order valence-corrected chi connectivity index (χ3v) is 6.58. The SMILES string of the molecule is CC(C)c1cnn(-c2c(Cl)cccc2C(F)(F)F)c1COc1ccc(N(C)Cc2cccc(C(=O)O)c2)cc1. The number of rotatable bonds is 9. The van der Waals surface area contributed by atoms with Crippen LogP contribution in [0.2, 0.25) is 5.02 Å². The summed E-state index contributed by atoms with van der Waals surface area (Å²) in [5.41, 5.74) is 2.07. The molecule has 0 unspecified atom stereocenters. The molecule has 0 aliphatic rings. The van der Waals surface area contributed by atoms with Gasteiger partial charge in [-0.1, -0.05) is 43.6 Å². The second-order valence-corrected chi connectivity index (χ2v) is 9.80. The maximum Gasteiger partial charge on any atom is 0.418 e. The predicted octanol–water partition coefficient (Wildman–Crippen LogP) is 7.58. The molecular formula is C29H27ClF3N3O3. The average molecular weight is 558 g/mol. The van der Waals surface area contributed by atoms with Crippen LogP contribution in [0.4, 0.5) is 18.9 Å². The third-order valence-electron chi connectivity index (χ3n) is 6.27. The monoisotopic (exact) mass is 557 g/mol. The molecule has 0 radical (unpaired) electrons. The van der Waals surface area contributed by atoms with Gasteiger partial charge >= 0.3 is 12.1 Å². The van der Waals surface area contributed by atoms with Gasteiger partial charge in [-0.05, 0) is 65.6 Å². The maximum absolute atomic E-state index is 13.8. The summed E-state index contributed by atoms with van der Waals surface area (Å²) in [5, 5.41) is 13.4. The molecule has 6 nitrogen and oxygen atoms in total. The van der Waals surface area contributed by atoms with E-state index in [0.717, 1.165) is 22.9 Å². The molecule has 0 aliphatic heterocycles. The zero-order valence-corrected chi connectivity index (χ0v) is 22.3. The summed E-state index contributed by atoms with van der Waals surface area (Å²) in [6, 6.07) is 17.6. The number of alkyl halides is 3. The van der Waals surface area contributed by atoms with Crippen molar-refractivity contribution in [1.82, 2.24) is 9.78 Å². The molecule has 1 N–H and O–H groups in total. The predicted molar refractivity (Wildman–Crippen MR) is 144 cm³/mol. The van der Waals surface area contributed by atoms with E-state index in [1.54, 1.807) is 36.5 Å². The highest BCUT2D eigenvalue weighted by Crippen LogP contribution is 2.38. The lowest BCUT2D eigenvalue weighted by molar-refractivity contribution is -0.137. The van der Waals surface area contributed by atoms with E-state index >= 15 is 0 Å². The highest BCUT2D eigenvalue weighted by Gasteiger charge is 2.36. The number of hydrogen-bond donors (Lipinski definition) is 1. The van der Waals surface area contributed by atoms with Gasteiger partial charge in [0.1, 0.15) is 12.4 Å². The van der Waals surface area contributed by atoms with Gasteiger partial charge in [0, 0.05) is 19.3 Å². The van der Waals surface area contributed by atoms with E-state index in [-0.39, 0.29) is 28.8 Å². The minimum absolute atomic E-state index is 0.00942. The highest BCUT2D eigenvalue weighted by molar-refractivity contribution is 6.32. The molecule has 0 saturated carbocycles. The van der Waals surface area contributed by atoms with E-state index < -0.39 is 17.7 Å².